The molecular formula is C21H17N3O3. The van der Waals surface area contributed by atoms with Gasteiger partial charge in [-0.25, -0.2) is 4.98 Å². The summed E-state index contributed by atoms with van der Waals surface area (Å²) in [6.07, 6.45) is 1.67. The average Bonchev–Trinajstić information content (AvgIpc) is 3.13. The summed E-state index contributed by atoms with van der Waals surface area (Å²) in [5.41, 5.74) is 3.61. The van der Waals surface area contributed by atoms with Crippen LogP contribution in [0.2, 0.25) is 0 Å². The molecule has 0 fully saturated rings. The fraction of sp³-hybridized carbons (Fsp3) is 0.0952. The summed E-state index contributed by atoms with van der Waals surface area (Å²) in [4.78, 5) is 20.8. The Labute approximate surface area is 155 Å². The average molecular weight is 359 g/mol. The first-order chi connectivity index (χ1) is 13.2. The molecule has 0 saturated heterocycles. The molecule has 134 valence electrons. The van der Waals surface area contributed by atoms with E-state index in [1.54, 1.807) is 24.4 Å². The normalized spacial score (nSPS) is 10.7. The molecule has 1 N–H and O–H groups in total. The number of fused-ring (bicyclic) bond motifs is 1. The van der Waals surface area contributed by atoms with E-state index >= 15 is 0 Å². The Hall–Kier alpha value is -3.67. The van der Waals surface area contributed by atoms with Crippen LogP contribution in [-0.4, -0.2) is 22.5 Å². The highest BCUT2D eigenvalue weighted by Crippen LogP contribution is 2.28. The van der Waals surface area contributed by atoms with E-state index < -0.39 is 0 Å². The lowest BCUT2D eigenvalue weighted by Crippen LogP contribution is -2.20. The van der Waals surface area contributed by atoms with Crippen molar-refractivity contribution in [3.05, 3.63) is 72.4 Å². The fourth-order valence-corrected chi connectivity index (χ4v) is 2.68. The third-order valence-electron chi connectivity index (χ3n) is 4.03. The van der Waals surface area contributed by atoms with Gasteiger partial charge in [-0.2, -0.15) is 4.98 Å². The van der Waals surface area contributed by atoms with Crippen LogP contribution in [0.5, 0.6) is 5.75 Å². The van der Waals surface area contributed by atoms with Crippen LogP contribution < -0.4 is 10.1 Å². The van der Waals surface area contributed by atoms with Crippen molar-refractivity contribution in [2.75, 3.05) is 11.9 Å². The van der Waals surface area contributed by atoms with Gasteiger partial charge >= 0.3 is 0 Å². The van der Waals surface area contributed by atoms with E-state index in [2.05, 4.69) is 15.3 Å². The highest BCUT2D eigenvalue weighted by molar-refractivity contribution is 5.92. The lowest BCUT2D eigenvalue weighted by Gasteiger charge is -2.09. The van der Waals surface area contributed by atoms with Gasteiger partial charge in [-0.1, -0.05) is 24.3 Å². The van der Waals surface area contributed by atoms with E-state index in [0.717, 1.165) is 11.1 Å². The number of oxazole rings is 1. The summed E-state index contributed by atoms with van der Waals surface area (Å²) in [5.74, 6) is 0.877. The van der Waals surface area contributed by atoms with E-state index in [4.69, 9.17) is 9.15 Å². The highest BCUT2D eigenvalue weighted by atomic mass is 16.5. The van der Waals surface area contributed by atoms with Gasteiger partial charge in [0.25, 0.3) is 5.91 Å². The zero-order chi connectivity index (χ0) is 18.6. The lowest BCUT2D eigenvalue weighted by atomic mass is 10.1. The number of benzene rings is 2. The van der Waals surface area contributed by atoms with E-state index in [-0.39, 0.29) is 12.5 Å². The molecule has 0 aliphatic carbocycles. The molecule has 0 radical (unpaired) electrons. The largest absolute Gasteiger partial charge is 0.484 e. The van der Waals surface area contributed by atoms with Crippen LogP contribution in [0.1, 0.15) is 5.56 Å². The molecule has 0 saturated carbocycles. The summed E-state index contributed by atoms with van der Waals surface area (Å²) < 4.78 is 11.3. The van der Waals surface area contributed by atoms with Gasteiger partial charge < -0.3 is 14.5 Å². The molecule has 0 unspecified atom stereocenters. The van der Waals surface area contributed by atoms with Crippen LogP contribution in [0.25, 0.3) is 22.7 Å². The monoisotopic (exact) mass is 359 g/mol. The molecule has 6 heteroatoms. The van der Waals surface area contributed by atoms with Gasteiger partial charge in [0, 0.05) is 17.4 Å². The molecule has 2 aromatic carbocycles. The summed E-state index contributed by atoms with van der Waals surface area (Å²) in [6.45, 7) is 1.89. The van der Waals surface area contributed by atoms with Crippen LogP contribution in [-0.2, 0) is 4.79 Å². The second-order valence-corrected chi connectivity index (χ2v) is 6.02. The maximum Gasteiger partial charge on any atom is 0.262 e. The molecule has 2 heterocycles. The van der Waals surface area contributed by atoms with E-state index in [1.807, 2.05) is 49.4 Å². The number of carbonyl (C=O) groups excluding carboxylic acids is 1. The Balaban J connectivity index is 1.51. The van der Waals surface area contributed by atoms with Crippen LogP contribution in [0.15, 0.2) is 71.3 Å². The topological polar surface area (TPSA) is 77.2 Å². The van der Waals surface area contributed by atoms with E-state index in [1.165, 1.54) is 0 Å². The smallest absolute Gasteiger partial charge is 0.262 e. The Morgan fingerprint density at radius 3 is 2.78 bits per heavy atom. The number of hydrogen-bond donors (Lipinski definition) is 1. The summed E-state index contributed by atoms with van der Waals surface area (Å²) >= 11 is 0. The molecule has 2 aromatic heterocycles. The zero-order valence-electron chi connectivity index (χ0n) is 14.7. The van der Waals surface area contributed by atoms with Crippen LogP contribution >= 0.6 is 0 Å². The minimum absolute atomic E-state index is 0.0694. The van der Waals surface area contributed by atoms with Gasteiger partial charge in [0.2, 0.25) is 5.89 Å². The molecular weight excluding hydrogens is 342 g/mol. The molecule has 0 spiro atoms. The SMILES string of the molecule is Cc1ccc(NC(=O)COc2ccccc2)cc1-c1nc2ncccc2o1. The van der Waals surface area contributed by atoms with Gasteiger partial charge in [-0.3, -0.25) is 4.79 Å². The Morgan fingerprint density at radius 1 is 1.11 bits per heavy atom. The number of anilines is 1. The molecule has 0 bridgehead atoms. The molecule has 4 rings (SSSR count). The number of nitrogens with one attached hydrogen (secondary N) is 1. The number of ether oxygens (including phenoxy) is 1. The number of para-hydroxylation sites is 1. The van der Waals surface area contributed by atoms with Crippen molar-refractivity contribution >= 4 is 22.8 Å². The van der Waals surface area contributed by atoms with Gasteiger partial charge in [0.1, 0.15) is 5.75 Å². The summed E-state index contributed by atoms with van der Waals surface area (Å²) in [6, 6.07) is 18.4. The van der Waals surface area contributed by atoms with Crippen molar-refractivity contribution < 1.29 is 13.9 Å². The second kappa shape index (κ2) is 7.29. The number of carbonyl (C=O) groups is 1. The van der Waals surface area contributed by atoms with Crippen molar-refractivity contribution in [2.45, 2.75) is 6.92 Å². The molecule has 0 aliphatic rings. The number of rotatable bonds is 5. The van der Waals surface area contributed by atoms with Gasteiger partial charge in [0.05, 0.1) is 0 Å². The molecule has 0 atom stereocenters. The fourth-order valence-electron chi connectivity index (χ4n) is 2.68. The first-order valence-corrected chi connectivity index (χ1v) is 8.49. The number of nitrogens with zero attached hydrogens (tertiary/aromatic N) is 2. The Kier molecular flexibility index (Phi) is 4.53. The predicted octanol–water partition coefficient (Wildman–Crippen LogP) is 4.22. The quantitative estimate of drug-likeness (QED) is 0.577. The van der Waals surface area contributed by atoms with Gasteiger partial charge in [0.15, 0.2) is 17.8 Å². The Bertz CT molecular complexity index is 1060. The molecule has 6 nitrogen and oxygen atoms in total. The minimum atomic E-state index is -0.243. The maximum atomic E-state index is 12.2. The van der Waals surface area contributed by atoms with Gasteiger partial charge in [-0.05, 0) is 48.9 Å². The minimum Gasteiger partial charge on any atom is -0.484 e. The number of aryl methyl sites for hydroxylation is 1. The van der Waals surface area contributed by atoms with Crippen molar-refractivity contribution in [1.29, 1.82) is 0 Å². The second-order valence-electron chi connectivity index (χ2n) is 6.02. The number of pyridine rings is 1. The van der Waals surface area contributed by atoms with Crippen molar-refractivity contribution in [1.82, 2.24) is 9.97 Å². The third-order valence-corrected chi connectivity index (χ3v) is 4.03. The standard InChI is InChI=1S/C21H17N3O3/c1-14-9-10-15(23-19(25)13-26-16-6-3-2-4-7-16)12-17(14)21-24-20-18(27-21)8-5-11-22-20/h2-12H,13H2,1H3,(H,23,25). The first kappa shape index (κ1) is 16.8. The van der Waals surface area contributed by atoms with E-state index in [0.29, 0.717) is 28.6 Å². The summed E-state index contributed by atoms with van der Waals surface area (Å²) in [5, 5.41) is 2.83. The number of amides is 1. The van der Waals surface area contributed by atoms with Crippen LogP contribution in [0.4, 0.5) is 5.69 Å². The molecule has 1 amide bonds. The number of hydrogen-bond acceptors (Lipinski definition) is 5. The molecule has 4 aromatic rings. The Morgan fingerprint density at radius 2 is 1.96 bits per heavy atom. The highest BCUT2D eigenvalue weighted by Gasteiger charge is 2.13. The number of aromatic nitrogens is 2. The maximum absolute atomic E-state index is 12.2. The summed E-state index contributed by atoms with van der Waals surface area (Å²) in [7, 11) is 0. The van der Waals surface area contributed by atoms with Crippen molar-refractivity contribution in [2.24, 2.45) is 0 Å². The zero-order valence-corrected chi connectivity index (χ0v) is 14.7. The first-order valence-electron chi connectivity index (χ1n) is 8.49. The van der Waals surface area contributed by atoms with Crippen LogP contribution in [0.3, 0.4) is 0 Å². The van der Waals surface area contributed by atoms with E-state index in [9.17, 15) is 4.79 Å². The lowest BCUT2D eigenvalue weighted by molar-refractivity contribution is -0.118. The molecule has 0 aliphatic heterocycles. The van der Waals surface area contributed by atoms with Crippen molar-refractivity contribution in [3.63, 3.8) is 0 Å². The van der Waals surface area contributed by atoms with Gasteiger partial charge in [-0.15, -0.1) is 0 Å². The molecule has 27 heavy (non-hydrogen) atoms. The van der Waals surface area contributed by atoms with Crippen LogP contribution in [0, 0.1) is 6.92 Å². The third kappa shape index (κ3) is 3.79. The van der Waals surface area contributed by atoms with Crippen molar-refractivity contribution in [3.8, 4) is 17.2 Å². The predicted molar refractivity (Wildman–Crippen MR) is 103 cm³/mol.